The molecule has 2 aliphatic rings. The number of hydrogen-bond acceptors (Lipinski definition) is 0. The van der Waals surface area contributed by atoms with E-state index in [1.165, 1.54) is 66.1 Å². The van der Waals surface area contributed by atoms with Crippen molar-refractivity contribution in [1.29, 1.82) is 0 Å². The molecule has 30 heavy (non-hydrogen) atoms. The Labute approximate surface area is 176 Å². The molecule has 0 nitrogen and oxygen atoms in total. The minimum absolute atomic E-state index is 0.0554. The van der Waals surface area contributed by atoms with Gasteiger partial charge in [-0.1, -0.05) is 98.8 Å². The fourth-order valence-electron chi connectivity index (χ4n) is 6.17. The molecule has 0 spiro atoms. The average Bonchev–Trinajstić information content (AvgIpc) is 3.28. The highest BCUT2D eigenvalue weighted by Gasteiger charge is 2.39. The first-order chi connectivity index (χ1) is 14.7. The van der Waals surface area contributed by atoms with E-state index in [-0.39, 0.29) is 5.41 Å². The van der Waals surface area contributed by atoms with E-state index in [0.29, 0.717) is 0 Å². The van der Waals surface area contributed by atoms with E-state index < -0.39 is 0 Å². The van der Waals surface area contributed by atoms with E-state index in [4.69, 9.17) is 0 Å². The molecule has 0 heterocycles. The third kappa shape index (κ3) is 1.83. The summed E-state index contributed by atoms with van der Waals surface area (Å²) in [5.74, 6) is 0. The maximum Gasteiger partial charge on any atom is 0.0158 e. The van der Waals surface area contributed by atoms with Crippen LogP contribution in [0.25, 0.3) is 43.8 Å². The Morgan fingerprint density at radius 1 is 0.500 bits per heavy atom. The molecule has 0 N–H and O–H groups in total. The molecule has 0 aliphatic heterocycles. The number of hydrogen-bond donors (Lipinski definition) is 0. The maximum absolute atomic E-state index is 2.40. The van der Waals surface area contributed by atoms with Crippen LogP contribution < -0.4 is 0 Å². The molecule has 0 radical (unpaired) electrons. The largest absolute Gasteiger partial charge is 0.0619 e. The van der Waals surface area contributed by atoms with Crippen molar-refractivity contribution in [2.75, 3.05) is 0 Å². The van der Waals surface area contributed by atoms with Gasteiger partial charge in [0.15, 0.2) is 0 Å². The summed E-state index contributed by atoms with van der Waals surface area (Å²) in [6.07, 6.45) is 1.02. The standard InChI is InChI=1S/C30H22/c1-30(2)26-14-8-7-13-23(26)29-25-17-24-20-11-4-3-9-18(20)19-10-5-6-12-21(19)28(24)22(25)15-16-27(29)30/h3-16H,17H2,1-2H3. The molecule has 0 amide bonds. The molecule has 0 aromatic heterocycles. The third-order valence-corrected chi connectivity index (χ3v) is 7.52. The molecule has 0 saturated carbocycles. The van der Waals surface area contributed by atoms with Gasteiger partial charge in [0, 0.05) is 5.41 Å². The van der Waals surface area contributed by atoms with Gasteiger partial charge in [-0.3, -0.25) is 0 Å². The van der Waals surface area contributed by atoms with Gasteiger partial charge >= 0.3 is 0 Å². The molecule has 7 rings (SSSR count). The smallest absolute Gasteiger partial charge is 0.0158 e. The van der Waals surface area contributed by atoms with Crippen LogP contribution in [-0.4, -0.2) is 0 Å². The van der Waals surface area contributed by atoms with E-state index in [1.54, 1.807) is 0 Å². The Balaban J connectivity index is 1.64. The summed E-state index contributed by atoms with van der Waals surface area (Å²) in [6.45, 7) is 4.74. The molecule has 0 bridgehead atoms. The predicted molar refractivity (Wildman–Crippen MR) is 127 cm³/mol. The summed E-state index contributed by atoms with van der Waals surface area (Å²) in [5, 5.41) is 5.52. The summed E-state index contributed by atoms with van der Waals surface area (Å²) >= 11 is 0. The first-order valence-corrected chi connectivity index (χ1v) is 10.8. The van der Waals surface area contributed by atoms with Crippen molar-refractivity contribution < 1.29 is 0 Å². The Morgan fingerprint density at radius 2 is 1.13 bits per heavy atom. The number of benzene rings is 5. The van der Waals surface area contributed by atoms with Crippen molar-refractivity contribution in [3.05, 3.63) is 107 Å². The second kappa shape index (κ2) is 5.40. The molecule has 142 valence electrons. The van der Waals surface area contributed by atoms with Gasteiger partial charge in [0.05, 0.1) is 0 Å². The molecule has 5 aromatic rings. The summed E-state index contributed by atoms with van der Waals surface area (Å²) in [6, 6.07) is 31.7. The quantitative estimate of drug-likeness (QED) is 0.234. The topological polar surface area (TPSA) is 0 Å². The highest BCUT2D eigenvalue weighted by Crippen LogP contribution is 2.55. The van der Waals surface area contributed by atoms with Crippen molar-refractivity contribution >= 4 is 21.5 Å². The van der Waals surface area contributed by atoms with Crippen LogP contribution in [0, 0.1) is 0 Å². The van der Waals surface area contributed by atoms with E-state index in [0.717, 1.165) is 6.42 Å². The van der Waals surface area contributed by atoms with Gasteiger partial charge in [-0.15, -0.1) is 0 Å². The second-order valence-electron chi connectivity index (χ2n) is 9.31. The number of rotatable bonds is 0. The minimum Gasteiger partial charge on any atom is -0.0619 e. The molecule has 5 aromatic carbocycles. The highest BCUT2D eigenvalue weighted by atomic mass is 14.4. The van der Waals surface area contributed by atoms with Crippen LogP contribution in [-0.2, 0) is 11.8 Å². The summed E-state index contributed by atoms with van der Waals surface area (Å²) < 4.78 is 0. The maximum atomic E-state index is 2.40. The monoisotopic (exact) mass is 382 g/mol. The molecule has 0 saturated heterocycles. The van der Waals surface area contributed by atoms with Crippen LogP contribution in [0.15, 0.2) is 84.9 Å². The molecule has 0 heteroatoms. The van der Waals surface area contributed by atoms with Crippen LogP contribution in [0.1, 0.15) is 36.1 Å². The Morgan fingerprint density at radius 3 is 1.93 bits per heavy atom. The first-order valence-electron chi connectivity index (χ1n) is 10.8. The van der Waals surface area contributed by atoms with Crippen LogP contribution in [0.2, 0.25) is 0 Å². The summed E-state index contributed by atoms with van der Waals surface area (Å²) in [7, 11) is 0. The van der Waals surface area contributed by atoms with E-state index in [9.17, 15) is 0 Å². The predicted octanol–water partition coefficient (Wildman–Crippen LogP) is 7.87. The Hall–Kier alpha value is -3.38. The molecular formula is C30H22. The lowest BCUT2D eigenvalue weighted by molar-refractivity contribution is 0.660. The zero-order valence-corrected chi connectivity index (χ0v) is 17.3. The zero-order valence-electron chi connectivity index (χ0n) is 17.3. The average molecular weight is 383 g/mol. The Kier molecular flexibility index (Phi) is 2.96. The molecule has 0 unspecified atom stereocenters. The summed E-state index contributed by atoms with van der Waals surface area (Å²) in [5.41, 5.74) is 11.8. The fraction of sp³-hybridized carbons (Fsp3) is 0.133. The van der Waals surface area contributed by atoms with E-state index in [1.807, 2.05) is 0 Å². The van der Waals surface area contributed by atoms with Gasteiger partial charge in [-0.25, -0.2) is 0 Å². The molecule has 2 aliphatic carbocycles. The first kappa shape index (κ1) is 16.4. The van der Waals surface area contributed by atoms with Crippen LogP contribution >= 0.6 is 0 Å². The molecule has 0 fully saturated rings. The second-order valence-corrected chi connectivity index (χ2v) is 9.31. The lowest BCUT2D eigenvalue weighted by atomic mass is 9.82. The van der Waals surface area contributed by atoms with Gasteiger partial charge < -0.3 is 0 Å². The van der Waals surface area contributed by atoms with Crippen LogP contribution in [0.5, 0.6) is 0 Å². The lowest BCUT2D eigenvalue weighted by Gasteiger charge is -2.21. The van der Waals surface area contributed by atoms with Crippen molar-refractivity contribution in [2.24, 2.45) is 0 Å². The van der Waals surface area contributed by atoms with Crippen molar-refractivity contribution in [2.45, 2.75) is 25.7 Å². The lowest BCUT2D eigenvalue weighted by Crippen LogP contribution is -2.14. The van der Waals surface area contributed by atoms with Crippen LogP contribution in [0.3, 0.4) is 0 Å². The van der Waals surface area contributed by atoms with E-state index in [2.05, 4.69) is 98.8 Å². The minimum atomic E-state index is 0.0554. The van der Waals surface area contributed by atoms with Gasteiger partial charge in [0.1, 0.15) is 0 Å². The SMILES string of the molecule is CC1(C)c2ccccc2-c2c1ccc1c2Cc2c-1c1ccccc1c1ccccc21. The highest BCUT2D eigenvalue weighted by molar-refractivity contribution is 6.18. The van der Waals surface area contributed by atoms with E-state index >= 15 is 0 Å². The zero-order chi connectivity index (χ0) is 20.0. The van der Waals surface area contributed by atoms with Crippen molar-refractivity contribution in [3.63, 3.8) is 0 Å². The fourth-order valence-corrected chi connectivity index (χ4v) is 6.17. The third-order valence-electron chi connectivity index (χ3n) is 7.52. The molecule has 0 atom stereocenters. The van der Waals surface area contributed by atoms with Gasteiger partial charge in [0.2, 0.25) is 0 Å². The number of fused-ring (bicyclic) bond motifs is 12. The van der Waals surface area contributed by atoms with Gasteiger partial charge in [-0.05, 0) is 72.5 Å². The van der Waals surface area contributed by atoms with Gasteiger partial charge in [-0.2, -0.15) is 0 Å². The summed E-state index contributed by atoms with van der Waals surface area (Å²) in [4.78, 5) is 0. The normalized spacial score (nSPS) is 15.1. The Bertz CT molecular complexity index is 1530. The van der Waals surface area contributed by atoms with Crippen molar-refractivity contribution in [1.82, 2.24) is 0 Å². The van der Waals surface area contributed by atoms with Gasteiger partial charge in [0.25, 0.3) is 0 Å². The van der Waals surface area contributed by atoms with Crippen molar-refractivity contribution in [3.8, 4) is 22.3 Å². The van der Waals surface area contributed by atoms with Crippen LogP contribution in [0.4, 0.5) is 0 Å². The molecular weight excluding hydrogens is 360 g/mol.